The molecule has 16 aromatic rings. The summed E-state index contributed by atoms with van der Waals surface area (Å²) >= 11 is 3.58. The van der Waals surface area contributed by atoms with Crippen LogP contribution in [0.3, 0.4) is 0 Å². The summed E-state index contributed by atoms with van der Waals surface area (Å²) in [5.74, 6) is 0. The highest BCUT2D eigenvalue weighted by Crippen LogP contribution is 2.52. The molecule has 0 saturated carbocycles. The lowest BCUT2D eigenvalue weighted by atomic mass is 9.82. The monoisotopic (exact) mass is 1250 g/mol. The molecule has 444 valence electrons. The molecule has 0 radical (unpaired) electrons. The first kappa shape index (κ1) is 57.3. The van der Waals surface area contributed by atoms with Crippen molar-refractivity contribution in [3.8, 4) is 44.5 Å². The summed E-state index contributed by atoms with van der Waals surface area (Å²) in [5, 5.41) is 19.2. The Kier molecular flexibility index (Phi) is 14.4. The summed E-state index contributed by atoms with van der Waals surface area (Å²) in [6, 6.07) is 119. The van der Waals surface area contributed by atoms with Gasteiger partial charge in [0.25, 0.3) is 0 Å². The molecule has 0 fully saturated rings. The minimum atomic E-state index is -0.0801. The van der Waals surface area contributed by atoms with Gasteiger partial charge < -0.3 is 10.2 Å². The number of hydrogen-bond donors (Lipinski definition) is 1. The number of fused-ring (bicyclic) bond motifs is 18. The summed E-state index contributed by atoms with van der Waals surface area (Å²) in [6.07, 6.45) is 0. The fourth-order valence-electron chi connectivity index (χ4n) is 15.0. The molecule has 0 amide bonds. The van der Waals surface area contributed by atoms with Gasteiger partial charge in [-0.3, -0.25) is 0 Å². The number of nitrogens with zero attached hydrogens (tertiary/aromatic N) is 1. The molecule has 0 spiro atoms. The van der Waals surface area contributed by atoms with Crippen LogP contribution in [-0.4, -0.2) is 0 Å². The SMILES string of the molecule is Brc1ccc2c3ccccc3c3ccccc3c2c1.CC1(C)c2ccccc2-c2ccc(N(c3ccc(-c4ccccc4)cc3)c3ccc4c5ccccc5c5ccccc5c4c3)cc21.CC1(C)c2ccccc2-c2ccc(Nc3ccc(-c4ccccc4)cc3)cc21. The van der Waals surface area contributed by atoms with Gasteiger partial charge in [0.05, 0.1) is 0 Å². The van der Waals surface area contributed by atoms with Crippen LogP contribution in [0.25, 0.3) is 109 Å². The third kappa shape index (κ3) is 10.2. The van der Waals surface area contributed by atoms with Crippen molar-refractivity contribution in [3.05, 3.63) is 354 Å². The van der Waals surface area contributed by atoms with Crippen molar-refractivity contribution in [2.75, 3.05) is 10.2 Å². The smallest absolute Gasteiger partial charge is 0.0468 e. The van der Waals surface area contributed by atoms with Gasteiger partial charge in [-0.25, -0.2) is 0 Å². The summed E-state index contributed by atoms with van der Waals surface area (Å²) in [4.78, 5) is 2.43. The minimum absolute atomic E-state index is 0.0286. The largest absolute Gasteiger partial charge is 0.356 e. The third-order valence-corrected chi connectivity index (χ3v) is 20.1. The van der Waals surface area contributed by atoms with Gasteiger partial charge in [0.15, 0.2) is 0 Å². The van der Waals surface area contributed by atoms with Crippen molar-refractivity contribution in [2.45, 2.75) is 38.5 Å². The fourth-order valence-corrected chi connectivity index (χ4v) is 15.3. The van der Waals surface area contributed by atoms with Gasteiger partial charge in [-0.15, -0.1) is 0 Å². The second-order valence-electron chi connectivity index (χ2n) is 25.8. The van der Waals surface area contributed by atoms with Crippen molar-refractivity contribution >= 4 is 109 Å². The van der Waals surface area contributed by atoms with Gasteiger partial charge >= 0.3 is 0 Å². The Balaban J connectivity index is 0.000000123. The highest BCUT2D eigenvalue weighted by Gasteiger charge is 2.37. The highest BCUT2D eigenvalue weighted by atomic mass is 79.9. The van der Waals surface area contributed by atoms with Crippen LogP contribution in [0.5, 0.6) is 0 Å². The normalized spacial score (nSPS) is 13.0. The molecule has 2 aliphatic carbocycles. The maximum Gasteiger partial charge on any atom is 0.0468 e. The van der Waals surface area contributed by atoms with E-state index in [9.17, 15) is 0 Å². The fraction of sp³-hybridized carbons (Fsp3) is 0.0667. The summed E-state index contributed by atoms with van der Waals surface area (Å²) in [5.41, 5.74) is 21.5. The van der Waals surface area contributed by atoms with Gasteiger partial charge in [-0.1, -0.05) is 298 Å². The van der Waals surface area contributed by atoms with Crippen LogP contribution >= 0.6 is 15.9 Å². The Morgan fingerprint density at radius 2 is 0.559 bits per heavy atom. The molecule has 2 nitrogen and oxygen atoms in total. The molecule has 0 aromatic heterocycles. The number of halogens is 1. The lowest BCUT2D eigenvalue weighted by molar-refractivity contribution is 0.660. The van der Waals surface area contributed by atoms with E-state index >= 15 is 0 Å². The van der Waals surface area contributed by atoms with E-state index in [0.717, 1.165) is 32.9 Å². The lowest BCUT2D eigenvalue weighted by Crippen LogP contribution is -2.16. The molecular weight excluding hydrogens is 1190 g/mol. The van der Waals surface area contributed by atoms with E-state index in [0.29, 0.717) is 0 Å². The quantitative estimate of drug-likeness (QED) is 0.160. The summed E-state index contributed by atoms with van der Waals surface area (Å²) in [6.45, 7) is 9.34. The molecule has 18 rings (SSSR count). The number of anilines is 5. The first-order chi connectivity index (χ1) is 45.5. The molecule has 0 unspecified atom stereocenters. The first-order valence-corrected chi connectivity index (χ1v) is 33.0. The standard InChI is InChI=1S/C45H33N.C27H23N.C18H11Br/c1-45(2)43-19-11-10-18-40(43)41-27-25-34(29-44(41)45)46(32-22-20-31(21-23-32)30-12-4-3-5-13-30)33-24-26-39-37-16-7-6-14-35(37)36-15-8-9-17-38(36)42(39)28-33;1-27(2)25-11-7-6-10-23(25)24-17-16-22(18-26(24)27)28-21-14-12-20(13-15-21)19-8-4-3-5-9-19;19-12-9-10-17-15-7-2-1-5-13(15)14-6-3-4-8-16(14)18(17)11-12/h3-29H,1-2H3;3-18,28H,1-2H3;1-11H. The van der Waals surface area contributed by atoms with Gasteiger partial charge in [0, 0.05) is 43.7 Å². The molecule has 0 aliphatic heterocycles. The van der Waals surface area contributed by atoms with Crippen molar-refractivity contribution in [1.82, 2.24) is 0 Å². The van der Waals surface area contributed by atoms with Crippen molar-refractivity contribution in [1.29, 1.82) is 0 Å². The van der Waals surface area contributed by atoms with Gasteiger partial charge in [0.1, 0.15) is 0 Å². The summed E-state index contributed by atoms with van der Waals surface area (Å²) < 4.78 is 1.13. The Bertz CT molecular complexity index is 5460. The molecule has 1 N–H and O–H groups in total. The number of hydrogen-bond acceptors (Lipinski definition) is 2. The van der Waals surface area contributed by atoms with E-state index < -0.39 is 0 Å². The average Bonchev–Trinajstić information content (AvgIpc) is 1.74. The molecule has 0 bridgehead atoms. The molecule has 93 heavy (non-hydrogen) atoms. The van der Waals surface area contributed by atoms with E-state index in [4.69, 9.17) is 0 Å². The van der Waals surface area contributed by atoms with Crippen LogP contribution in [0.2, 0.25) is 0 Å². The highest BCUT2D eigenvalue weighted by molar-refractivity contribution is 9.10. The van der Waals surface area contributed by atoms with E-state index in [2.05, 4.69) is 375 Å². The van der Waals surface area contributed by atoms with Crippen LogP contribution in [0.4, 0.5) is 28.4 Å². The zero-order valence-corrected chi connectivity index (χ0v) is 54.1. The second kappa shape index (κ2) is 23.4. The zero-order chi connectivity index (χ0) is 62.8. The maximum absolute atomic E-state index is 3.58. The second-order valence-corrected chi connectivity index (χ2v) is 26.7. The van der Waals surface area contributed by atoms with Gasteiger partial charge in [-0.2, -0.15) is 0 Å². The third-order valence-electron chi connectivity index (χ3n) is 19.6. The van der Waals surface area contributed by atoms with Crippen LogP contribution in [-0.2, 0) is 10.8 Å². The van der Waals surface area contributed by atoms with Crippen molar-refractivity contribution in [3.63, 3.8) is 0 Å². The molecule has 2 aliphatic rings. The predicted octanol–water partition coefficient (Wildman–Crippen LogP) is 25.9. The summed E-state index contributed by atoms with van der Waals surface area (Å²) in [7, 11) is 0. The Morgan fingerprint density at radius 1 is 0.237 bits per heavy atom. The maximum atomic E-state index is 3.58. The van der Waals surface area contributed by atoms with Crippen LogP contribution in [0, 0.1) is 0 Å². The van der Waals surface area contributed by atoms with E-state index in [1.54, 1.807) is 0 Å². The van der Waals surface area contributed by atoms with Crippen LogP contribution in [0.15, 0.2) is 332 Å². The Labute approximate surface area is 552 Å². The number of benzene rings is 16. The van der Waals surface area contributed by atoms with Crippen molar-refractivity contribution in [2.24, 2.45) is 0 Å². The molecule has 0 saturated heterocycles. The first-order valence-electron chi connectivity index (χ1n) is 32.2. The average molecular weight is 1260 g/mol. The molecule has 0 heterocycles. The van der Waals surface area contributed by atoms with Gasteiger partial charge in [-0.05, 0) is 204 Å². The molecule has 16 aromatic carbocycles. The predicted molar refractivity (Wildman–Crippen MR) is 402 cm³/mol. The topological polar surface area (TPSA) is 15.3 Å². The molecule has 3 heteroatoms. The number of rotatable bonds is 7. The number of nitrogens with one attached hydrogen (secondary N) is 1. The van der Waals surface area contributed by atoms with Crippen molar-refractivity contribution < 1.29 is 0 Å². The lowest BCUT2D eigenvalue weighted by Gasteiger charge is -2.28. The van der Waals surface area contributed by atoms with Crippen LogP contribution < -0.4 is 10.2 Å². The Morgan fingerprint density at radius 3 is 1.05 bits per heavy atom. The van der Waals surface area contributed by atoms with E-state index in [1.807, 2.05) is 6.07 Å². The molecular formula is C90H67BrN2. The molecule has 0 atom stereocenters. The van der Waals surface area contributed by atoms with E-state index in [-0.39, 0.29) is 10.8 Å². The van der Waals surface area contributed by atoms with Crippen LogP contribution in [0.1, 0.15) is 49.9 Å². The van der Waals surface area contributed by atoms with Gasteiger partial charge in [0.2, 0.25) is 0 Å². The Hall–Kier alpha value is -10.8. The zero-order valence-electron chi connectivity index (χ0n) is 52.5. The van der Waals surface area contributed by atoms with E-state index in [1.165, 1.54) is 131 Å². The minimum Gasteiger partial charge on any atom is -0.356 e.